The maximum atomic E-state index is 13.9. The second-order valence-electron chi connectivity index (χ2n) is 11.0. The first-order valence-electron chi connectivity index (χ1n) is 14.5. The van der Waals surface area contributed by atoms with Crippen LogP contribution in [0.25, 0.3) is 0 Å². The number of hydrogen-bond acceptors (Lipinski definition) is 4. The number of nitrogens with zero attached hydrogens (tertiary/aromatic N) is 3. The fourth-order valence-electron chi connectivity index (χ4n) is 6.12. The standard InChI is InChI=1S/C33H41N3O2S/c1-4-5-10-26-12-14-27(15-13-26)33(38)35-19-8-18-34(21-22-35)32(37)25(3)36-20-16-30-29(17-23-39-30)31(36)28-11-7-6-9-24(28)2/h6-7,9,11-15,17,23,25,31H,4-5,8,10,16,18-22H2,1-3H3/t25-,31+/m1/s1. The third-order valence-electron chi connectivity index (χ3n) is 8.46. The summed E-state index contributed by atoms with van der Waals surface area (Å²) in [6.45, 7) is 9.82. The van der Waals surface area contributed by atoms with E-state index in [1.165, 1.54) is 40.0 Å². The molecule has 0 radical (unpaired) electrons. The largest absolute Gasteiger partial charge is 0.340 e. The monoisotopic (exact) mass is 543 g/mol. The first-order valence-corrected chi connectivity index (χ1v) is 15.4. The van der Waals surface area contributed by atoms with Crippen molar-refractivity contribution < 1.29 is 9.59 Å². The summed E-state index contributed by atoms with van der Waals surface area (Å²) in [6.07, 6.45) is 5.17. The molecule has 2 aromatic carbocycles. The Kier molecular flexibility index (Phi) is 8.83. The van der Waals surface area contributed by atoms with Crippen molar-refractivity contribution in [1.82, 2.24) is 14.7 Å². The van der Waals surface area contributed by atoms with Gasteiger partial charge in [-0.15, -0.1) is 11.3 Å². The lowest BCUT2D eigenvalue weighted by molar-refractivity contribution is -0.137. The molecule has 0 aliphatic carbocycles. The summed E-state index contributed by atoms with van der Waals surface area (Å²) in [7, 11) is 0. The lowest BCUT2D eigenvalue weighted by Crippen LogP contribution is -2.51. The lowest BCUT2D eigenvalue weighted by atomic mass is 9.89. The van der Waals surface area contributed by atoms with E-state index in [1.54, 1.807) is 0 Å². The fourth-order valence-corrected chi connectivity index (χ4v) is 7.02. The average Bonchev–Trinajstić information content (AvgIpc) is 3.31. The number of aryl methyl sites for hydroxylation is 2. The van der Waals surface area contributed by atoms with E-state index in [1.807, 2.05) is 33.3 Å². The highest BCUT2D eigenvalue weighted by molar-refractivity contribution is 7.10. The van der Waals surface area contributed by atoms with E-state index in [0.717, 1.165) is 31.4 Å². The van der Waals surface area contributed by atoms with Crippen LogP contribution < -0.4 is 0 Å². The van der Waals surface area contributed by atoms with Crippen LogP contribution in [0, 0.1) is 6.92 Å². The number of benzene rings is 2. The average molecular weight is 544 g/mol. The van der Waals surface area contributed by atoms with Gasteiger partial charge in [-0.1, -0.05) is 49.7 Å². The molecule has 1 saturated heterocycles. The zero-order valence-corrected chi connectivity index (χ0v) is 24.4. The summed E-state index contributed by atoms with van der Waals surface area (Å²) in [5.74, 6) is 0.238. The number of carbonyl (C=O) groups is 2. The van der Waals surface area contributed by atoms with Crippen LogP contribution >= 0.6 is 11.3 Å². The third kappa shape index (κ3) is 5.97. The lowest BCUT2D eigenvalue weighted by Gasteiger charge is -2.41. The summed E-state index contributed by atoms with van der Waals surface area (Å²) in [5, 5.41) is 2.19. The molecule has 0 N–H and O–H groups in total. The van der Waals surface area contributed by atoms with Gasteiger partial charge in [-0.05, 0) is 85.4 Å². The predicted octanol–water partition coefficient (Wildman–Crippen LogP) is 6.11. The number of hydrogen-bond donors (Lipinski definition) is 0. The maximum absolute atomic E-state index is 13.9. The van der Waals surface area contributed by atoms with Crippen molar-refractivity contribution in [3.8, 4) is 0 Å². The van der Waals surface area contributed by atoms with E-state index in [9.17, 15) is 9.59 Å². The topological polar surface area (TPSA) is 43.9 Å². The molecule has 2 aliphatic heterocycles. The molecular formula is C33H41N3O2S. The smallest absolute Gasteiger partial charge is 0.253 e. The Bertz CT molecular complexity index is 1280. The number of fused-ring (bicyclic) bond motifs is 1. The molecule has 1 fully saturated rings. The Morgan fingerprint density at radius 3 is 2.44 bits per heavy atom. The number of rotatable bonds is 7. The molecular weight excluding hydrogens is 502 g/mol. The van der Waals surface area contributed by atoms with Gasteiger partial charge in [-0.2, -0.15) is 0 Å². The molecule has 2 amide bonds. The molecule has 0 saturated carbocycles. The highest BCUT2D eigenvalue weighted by Crippen LogP contribution is 2.40. The second-order valence-corrected chi connectivity index (χ2v) is 12.0. The molecule has 0 spiro atoms. The molecule has 3 aromatic rings. The molecule has 1 aromatic heterocycles. The molecule has 2 aliphatic rings. The van der Waals surface area contributed by atoms with Gasteiger partial charge >= 0.3 is 0 Å². The van der Waals surface area contributed by atoms with Crippen LogP contribution in [0.5, 0.6) is 0 Å². The van der Waals surface area contributed by atoms with E-state index in [4.69, 9.17) is 0 Å². The number of carbonyl (C=O) groups excluding carboxylic acids is 2. The molecule has 6 heteroatoms. The van der Waals surface area contributed by atoms with Gasteiger partial charge in [0.25, 0.3) is 5.91 Å². The summed E-state index contributed by atoms with van der Waals surface area (Å²) in [5.41, 5.74) is 5.91. The van der Waals surface area contributed by atoms with E-state index in [2.05, 4.69) is 73.5 Å². The van der Waals surface area contributed by atoms with E-state index in [0.29, 0.717) is 26.2 Å². The minimum Gasteiger partial charge on any atom is -0.340 e. The van der Waals surface area contributed by atoms with Gasteiger partial charge in [-0.25, -0.2) is 0 Å². The van der Waals surface area contributed by atoms with Gasteiger partial charge in [0, 0.05) is 43.2 Å². The van der Waals surface area contributed by atoms with Crippen molar-refractivity contribution in [2.75, 3.05) is 32.7 Å². The fraction of sp³-hybridized carbons (Fsp3) is 0.455. The van der Waals surface area contributed by atoms with Gasteiger partial charge < -0.3 is 9.80 Å². The summed E-state index contributed by atoms with van der Waals surface area (Å²) >= 11 is 1.83. The Hall–Kier alpha value is -2.96. The third-order valence-corrected chi connectivity index (χ3v) is 9.45. The summed E-state index contributed by atoms with van der Waals surface area (Å²) in [4.78, 5) is 34.9. The number of thiophene rings is 1. The quantitative estimate of drug-likeness (QED) is 0.361. The number of unbranched alkanes of at least 4 members (excludes halogenated alkanes) is 1. The Labute approximate surface area is 237 Å². The number of amides is 2. The molecule has 5 rings (SSSR count). The maximum Gasteiger partial charge on any atom is 0.253 e. The summed E-state index contributed by atoms with van der Waals surface area (Å²) < 4.78 is 0. The van der Waals surface area contributed by atoms with Crippen LogP contribution in [0.15, 0.2) is 60.0 Å². The van der Waals surface area contributed by atoms with E-state index >= 15 is 0 Å². The van der Waals surface area contributed by atoms with Crippen LogP contribution in [0.3, 0.4) is 0 Å². The van der Waals surface area contributed by atoms with Gasteiger partial charge in [0.05, 0.1) is 12.1 Å². The summed E-state index contributed by atoms with van der Waals surface area (Å²) in [6, 6.07) is 18.8. The highest BCUT2D eigenvalue weighted by Gasteiger charge is 2.37. The van der Waals surface area contributed by atoms with Crippen molar-refractivity contribution in [3.05, 3.63) is 92.7 Å². The molecule has 3 heterocycles. The van der Waals surface area contributed by atoms with Gasteiger partial charge in [0.15, 0.2) is 0 Å². The molecule has 39 heavy (non-hydrogen) atoms. The SMILES string of the molecule is CCCCc1ccc(C(=O)N2CCCN(C(=O)[C@@H](C)N3CCc4sccc4[C@@H]3c3ccccc3C)CC2)cc1. The van der Waals surface area contributed by atoms with Gasteiger partial charge in [-0.3, -0.25) is 14.5 Å². The van der Waals surface area contributed by atoms with Gasteiger partial charge in [0.1, 0.15) is 0 Å². The predicted molar refractivity (Wildman–Crippen MR) is 159 cm³/mol. The minimum absolute atomic E-state index is 0.0695. The van der Waals surface area contributed by atoms with E-state index in [-0.39, 0.29) is 23.9 Å². The van der Waals surface area contributed by atoms with Crippen molar-refractivity contribution in [1.29, 1.82) is 0 Å². The highest BCUT2D eigenvalue weighted by atomic mass is 32.1. The zero-order chi connectivity index (χ0) is 27.4. The van der Waals surface area contributed by atoms with Crippen molar-refractivity contribution >= 4 is 23.2 Å². The minimum atomic E-state index is -0.236. The molecule has 5 nitrogen and oxygen atoms in total. The molecule has 0 bridgehead atoms. The van der Waals surface area contributed by atoms with Crippen LogP contribution in [0.4, 0.5) is 0 Å². The van der Waals surface area contributed by atoms with Crippen LogP contribution in [0.1, 0.15) is 76.6 Å². The first kappa shape index (κ1) is 27.6. The van der Waals surface area contributed by atoms with E-state index < -0.39 is 0 Å². The normalized spacial score (nSPS) is 18.9. The van der Waals surface area contributed by atoms with Gasteiger partial charge in [0.2, 0.25) is 5.91 Å². The van der Waals surface area contributed by atoms with Crippen LogP contribution in [-0.2, 0) is 17.6 Å². The Balaban J connectivity index is 1.27. The molecule has 206 valence electrons. The first-order chi connectivity index (χ1) is 19.0. The molecule has 2 atom stereocenters. The second kappa shape index (κ2) is 12.5. The van der Waals surface area contributed by atoms with Crippen molar-refractivity contribution in [2.45, 2.75) is 65.0 Å². The van der Waals surface area contributed by atoms with Crippen molar-refractivity contribution in [2.24, 2.45) is 0 Å². The zero-order valence-electron chi connectivity index (χ0n) is 23.6. The Morgan fingerprint density at radius 2 is 1.67 bits per heavy atom. The van der Waals surface area contributed by atoms with Crippen molar-refractivity contribution in [3.63, 3.8) is 0 Å². The van der Waals surface area contributed by atoms with Crippen LogP contribution in [0.2, 0.25) is 0 Å². The Morgan fingerprint density at radius 1 is 0.923 bits per heavy atom. The molecule has 0 unspecified atom stereocenters. The van der Waals surface area contributed by atoms with Crippen LogP contribution in [-0.4, -0.2) is 65.3 Å².